The Bertz CT molecular complexity index is 874. The van der Waals surface area contributed by atoms with E-state index in [2.05, 4.69) is 16.1 Å². The van der Waals surface area contributed by atoms with Gasteiger partial charge in [-0.3, -0.25) is 9.69 Å². The van der Waals surface area contributed by atoms with Crippen LogP contribution in [0.5, 0.6) is 11.5 Å². The van der Waals surface area contributed by atoms with Gasteiger partial charge in [-0.05, 0) is 36.9 Å². The molecule has 0 heterocycles. The maximum Gasteiger partial charge on any atom is 0.387 e. The molecule has 0 aliphatic carbocycles. The summed E-state index contributed by atoms with van der Waals surface area (Å²) in [6.07, 6.45) is 0. The summed E-state index contributed by atoms with van der Waals surface area (Å²) in [7, 11) is 3.14. The summed E-state index contributed by atoms with van der Waals surface area (Å²) >= 11 is 1.35. The van der Waals surface area contributed by atoms with Crippen LogP contribution >= 0.6 is 11.8 Å². The van der Waals surface area contributed by atoms with Crippen molar-refractivity contribution in [2.75, 3.05) is 31.8 Å². The number of hydrogen-bond donors (Lipinski definition) is 1. The third-order valence-corrected chi connectivity index (χ3v) is 4.70. The van der Waals surface area contributed by atoms with Gasteiger partial charge in [0.05, 0.1) is 31.2 Å². The molecule has 1 N–H and O–H groups in total. The first-order chi connectivity index (χ1) is 13.9. The Morgan fingerprint density at radius 2 is 2.03 bits per heavy atom. The predicted molar refractivity (Wildman–Crippen MR) is 107 cm³/mol. The number of nitrogens with one attached hydrogen (secondary N) is 1. The van der Waals surface area contributed by atoms with Crippen LogP contribution in [0.4, 0.5) is 14.5 Å². The molecule has 0 radical (unpaired) electrons. The number of methoxy groups -OCH3 is 1. The molecule has 154 valence electrons. The summed E-state index contributed by atoms with van der Waals surface area (Å²) in [5.74, 6) is 0.240. The molecule has 6 nitrogen and oxygen atoms in total. The number of carbonyl (C=O) groups excluding carboxylic acids is 1. The molecule has 0 saturated carbocycles. The first-order valence-electron chi connectivity index (χ1n) is 8.61. The van der Waals surface area contributed by atoms with E-state index in [1.807, 2.05) is 18.2 Å². The van der Waals surface area contributed by atoms with Crippen LogP contribution in [0, 0.1) is 11.3 Å². The van der Waals surface area contributed by atoms with Crippen molar-refractivity contribution in [2.24, 2.45) is 0 Å². The number of anilines is 1. The van der Waals surface area contributed by atoms with Crippen molar-refractivity contribution in [1.82, 2.24) is 4.90 Å². The average molecular weight is 421 g/mol. The number of para-hydroxylation sites is 1. The molecular weight excluding hydrogens is 400 g/mol. The van der Waals surface area contributed by atoms with E-state index in [0.29, 0.717) is 18.0 Å². The number of nitriles is 1. The van der Waals surface area contributed by atoms with Crippen molar-refractivity contribution in [2.45, 2.75) is 18.1 Å². The van der Waals surface area contributed by atoms with E-state index in [1.54, 1.807) is 30.1 Å². The van der Waals surface area contributed by atoms with E-state index in [1.165, 1.54) is 24.9 Å². The first kappa shape index (κ1) is 22.5. The second-order valence-electron chi connectivity index (χ2n) is 6.03. The Labute approximate surface area is 172 Å². The predicted octanol–water partition coefficient (Wildman–Crippen LogP) is 3.98. The molecule has 0 aromatic heterocycles. The molecule has 0 spiro atoms. The van der Waals surface area contributed by atoms with E-state index in [-0.39, 0.29) is 24.0 Å². The highest BCUT2D eigenvalue weighted by atomic mass is 32.2. The van der Waals surface area contributed by atoms with Crippen molar-refractivity contribution in [1.29, 1.82) is 5.26 Å². The molecule has 2 aromatic rings. The van der Waals surface area contributed by atoms with Gasteiger partial charge in [-0.15, -0.1) is 11.8 Å². The fourth-order valence-electron chi connectivity index (χ4n) is 2.61. The van der Waals surface area contributed by atoms with E-state index in [0.717, 1.165) is 10.5 Å². The van der Waals surface area contributed by atoms with Gasteiger partial charge in [0.25, 0.3) is 0 Å². The minimum absolute atomic E-state index is 0.0434. The van der Waals surface area contributed by atoms with Crippen LogP contribution in [0.1, 0.15) is 5.56 Å². The largest absolute Gasteiger partial charge is 0.493 e. The molecule has 2 aromatic carbocycles. The maximum atomic E-state index is 12.4. The zero-order valence-electron chi connectivity index (χ0n) is 16.0. The van der Waals surface area contributed by atoms with Crippen LogP contribution in [-0.2, 0) is 11.3 Å². The molecule has 0 aliphatic rings. The Morgan fingerprint density at radius 3 is 2.72 bits per heavy atom. The number of ether oxygens (including phenoxy) is 2. The van der Waals surface area contributed by atoms with Gasteiger partial charge in [-0.1, -0.05) is 18.2 Å². The van der Waals surface area contributed by atoms with Gasteiger partial charge in [0.2, 0.25) is 5.91 Å². The minimum Gasteiger partial charge on any atom is -0.493 e. The molecule has 2 rings (SSSR count). The molecule has 29 heavy (non-hydrogen) atoms. The van der Waals surface area contributed by atoms with E-state index >= 15 is 0 Å². The third-order valence-electron chi connectivity index (χ3n) is 3.76. The van der Waals surface area contributed by atoms with Crippen molar-refractivity contribution in [3.8, 4) is 17.6 Å². The molecule has 0 bridgehead atoms. The highest BCUT2D eigenvalue weighted by molar-refractivity contribution is 7.99. The van der Waals surface area contributed by atoms with E-state index in [4.69, 9.17) is 10.00 Å². The number of benzene rings is 2. The Hall–Kier alpha value is -2.83. The molecule has 0 saturated heterocycles. The number of thioether (sulfide) groups is 1. The van der Waals surface area contributed by atoms with Crippen LogP contribution in [0.2, 0.25) is 0 Å². The smallest absolute Gasteiger partial charge is 0.387 e. The number of amides is 1. The van der Waals surface area contributed by atoms with Gasteiger partial charge >= 0.3 is 6.61 Å². The van der Waals surface area contributed by atoms with Gasteiger partial charge in [0.1, 0.15) is 0 Å². The number of rotatable bonds is 10. The lowest BCUT2D eigenvalue weighted by atomic mass is 10.2. The third kappa shape index (κ3) is 7.25. The highest BCUT2D eigenvalue weighted by Gasteiger charge is 2.14. The standard InChI is InChI=1S/C20H21F2N3O3S/c1-25(12-14-7-8-16(28-20(21)22)17(11-14)27-2)13-19(26)24-15-5-3-4-6-18(15)29-10-9-23/h3-8,11,20H,10,12-13H2,1-2H3,(H,24,26). The van der Waals surface area contributed by atoms with Crippen molar-refractivity contribution < 1.29 is 23.0 Å². The lowest BCUT2D eigenvalue weighted by Crippen LogP contribution is -2.30. The topological polar surface area (TPSA) is 74.6 Å². The van der Waals surface area contributed by atoms with Crippen LogP contribution in [0.3, 0.4) is 0 Å². The van der Waals surface area contributed by atoms with Crippen LogP contribution < -0.4 is 14.8 Å². The van der Waals surface area contributed by atoms with Crippen LogP contribution in [-0.4, -0.2) is 43.9 Å². The molecule has 0 aliphatic heterocycles. The molecule has 0 atom stereocenters. The summed E-state index contributed by atoms with van der Waals surface area (Å²) in [6, 6.07) is 14.0. The quantitative estimate of drug-likeness (QED) is 0.585. The maximum absolute atomic E-state index is 12.4. The second kappa shape index (κ2) is 11.2. The number of halogens is 2. The number of alkyl halides is 2. The summed E-state index contributed by atoms with van der Waals surface area (Å²) < 4.78 is 34.3. The van der Waals surface area contributed by atoms with Crippen molar-refractivity contribution >= 4 is 23.4 Å². The summed E-state index contributed by atoms with van der Waals surface area (Å²) in [5.41, 5.74) is 1.44. The molecule has 9 heteroatoms. The Balaban J connectivity index is 1.96. The van der Waals surface area contributed by atoms with Gasteiger partial charge in [-0.2, -0.15) is 14.0 Å². The molecule has 0 fully saturated rings. The number of nitrogens with zero attached hydrogens (tertiary/aromatic N) is 2. The van der Waals surface area contributed by atoms with Gasteiger partial charge < -0.3 is 14.8 Å². The molecule has 0 unspecified atom stereocenters. The fourth-order valence-corrected chi connectivity index (χ4v) is 3.28. The summed E-state index contributed by atoms with van der Waals surface area (Å²) in [4.78, 5) is 15.0. The zero-order chi connectivity index (χ0) is 21.2. The molecule has 1 amide bonds. The average Bonchev–Trinajstić information content (AvgIpc) is 2.67. The summed E-state index contributed by atoms with van der Waals surface area (Å²) in [6.45, 7) is -2.41. The van der Waals surface area contributed by atoms with Gasteiger partial charge in [0, 0.05) is 11.4 Å². The Kier molecular flexibility index (Phi) is 8.70. The van der Waals surface area contributed by atoms with Crippen LogP contribution in [0.25, 0.3) is 0 Å². The first-order valence-corrected chi connectivity index (χ1v) is 9.60. The second-order valence-corrected chi connectivity index (χ2v) is 7.04. The van der Waals surface area contributed by atoms with E-state index < -0.39 is 6.61 Å². The summed E-state index contributed by atoms with van der Waals surface area (Å²) in [5, 5.41) is 11.6. The normalized spacial score (nSPS) is 10.7. The van der Waals surface area contributed by atoms with Crippen molar-refractivity contribution in [3.05, 3.63) is 48.0 Å². The molecular formula is C20H21F2N3O3S. The number of hydrogen-bond acceptors (Lipinski definition) is 6. The fraction of sp³-hybridized carbons (Fsp3) is 0.300. The van der Waals surface area contributed by atoms with Gasteiger partial charge in [0.15, 0.2) is 11.5 Å². The SMILES string of the molecule is COc1cc(CN(C)CC(=O)Nc2ccccc2SCC#N)ccc1OC(F)F. The monoisotopic (exact) mass is 421 g/mol. The number of carbonyl (C=O) groups is 1. The minimum atomic E-state index is -2.93. The lowest BCUT2D eigenvalue weighted by Gasteiger charge is -2.18. The number of likely N-dealkylation sites (N-methyl/N-ethyl adjacent to an activating group) is 1. The lowest BCUT2D eigenvalue weighted by molar-refractivity contribution is -0.117. The van der Waals surface area contributed by atoms with Crippen LogP contribution in [0.15, 0.2) is 47.4 Å². The van der Waals surface area contributed by atoms with Gasteiger partial charge in [-0.25, -0.2) is 0 Å². The highest BCUT2D eigenvalue weighted by Crippen LogP contribution is 2.30. The van der Waals surface area contributed by atoms with Crippen molar-refractivity contribution in [3.63, 3.8) is 0 Å². The van der Waals surface area contributed by atoms with E-state index in [9.17, 15) is 13.6 Å². The Morgan fingerprint density at radius 1 is 1.28 bits per heavy atom. The zero-order valence-corrected chi connectivity index (χ0v) is 16.8.